The Morgan fingerprint density at radius 3 is 2.76 bits per heavy atom. The van der Waals surface area contributed by atoms with Crippen LogP contribution in [0.25, 0.3) is 0 Å². The third kappa shape index (κ3) is 3.67. The normalized spacial score (nSPS) is 28.9. The minimum atomic E-state index is 0.128. The monoisotopic (exact) mass is 241 g/mol. The summed E-state index contributed by atoms with van der Waals surface area (Å²) in [7, 11) is 1.83. The van der Waals surface area contributed by atoms with Crippen molar-refractivity contribution in [3.05, 3.63) is 0 Å². The molecule has 1 heterocycles. The molecule has 2 N–H and O–H groups in total. The lowest BCUT2D eigenvalue weighted by atomic mass is 9.75. The van der Waals surface area contributed by atoms with Crippen molar-refractivity contribution < 1.29 is 9.47 Å². The average molecular weight is 241 g/mol. The molecule has 0 amide bonds. The summed E-state index contributed by atoms with van der Waals surface area (Å²) in [6, 6.07) is 0.302. The molecule has 2 aliphatic rings. The van der Waals surface area contributed by atoms with Gasteiger partial charge < -0.3 is 15.2 Å². The SMILES string of the molecule is COC1(CC(N)CCCC2CCCO2)CCC1. The second-order valence-electron chi connectivity index (χ2n) is 5.77. The molecule has 1 aliphatic heterocycles. The Labute approximate surface area is 105 Å². The second-order valence-corrected chi connectivity index (χ2v) is 5.77. The summed E-state index contributed by atoms with van der Waals surface area (Å²) in [6.45, 7) is 0.962. The van der Waals surface area contributed by atoms with Gasteiger partial charge in [0, 0.05) is 19.8 Å². The van der Waals surface area contributed by atoms with Crippen molar-refractivity contribution in [3.63, 3.8) is 0 Å². The van der Waals surface area contributed by atoms with E-state index in [1.807, 2.05) is 7.11 Å². The molecular formula is C14H27NO2. The fourth-order valence-corrected chi connectivity index (χ4v) is 3.12. The summed E-state index contributed by atoms with van der Waals surface area (Å²) in [6.07, 6.45) is 11.2. The lowest BCUT2D eigenvalue weighted by Gasteiger charge is -2.42. The lowest BCUT2D eigenvalue weighted by molar-refractivity contribution is -0.0819. The highest BCUT2D eigenvalue weighted by Crippen LogP contribution is 2.39. The van der Waals surface area contributed by atoms with Gasteiger partial charge >= 0.3 is 0 Å². The van der Waals surface area contributed by atoms with E-state index in [4.69, 9.17) is 15.2 Å². The van der Waals surface area contributed by atoms with Gasteiger partial charge in [-0.2, -0.15) is 0 Å². The molecule has 2 atom stereocenters. The highest BCUT2D eigenvalue weighted by Gasteiger charge is 2.38. The number of ether oxygens (including phenoxy) is 2. The molecule has 17 heavy (non-hydrogen) atoms. The number of hydrogen-bond acceptors (Lipinski definition) is 3. The standard InChI is InChI=1S/C14H27NO2/c1-16-14(8-4-9-14)11-12(15)5-2-6-13-7-3-10-17-13/h12-13H,2-11,15H2,1H3. The van der Waals surface area contributed by atoms with Gasteiger partial charge in [-0.15, -0.1) is 0 Å². The van der Waals surface area contributed by atoms with Crippen molar-refractivity contribution in [1.82, 2.24) is 0 Å². The molecule has 3 heteroatoms. The van der Waals surface area contributed by atoms with Crippen LogP contribution in [-0.4, -0.2) is 31.5 Å². The van der Waals surface area contributed by atoms with Crippen LogP contribution in [0.2, 0.25) is 0 Å². The fraction of sp³-hybridized carbons (Fsp3) is 1.00. The van der Waals surface area contributed by atoms with Gasteiger partial charge in [-0.25, -0.2) is 0 Å². The minimum Gasteiger partial charge on any atom is -0.378 e. The third-order valence-corrected chi connectivity index (χ3v) is 4.46. The molecule has 0 spiro atoms. The van der Waals surface area contributed by atoms with E-state index in [1.165, 1.54) is 44.9 Å². The molecule has 2 rings (SSSR count). The van der Waals surface area contributed by atoms with Crippen LogP contribution in [0.4, 0.5) is 0 Å². The van der Waals surface area contributed by atoms with Crippen LogP contribution in [0.3, 0.4) is 0 Å². The summed E-state index contributed by atoms with van der Waals surface area (Å²) in [5.41, 5.74) is 6.34. The average Bonchev–Trinajstić information content (AvgIpc) is 2.76. The van der Waals surface area contributed by atoms with Crippen molar-refractivity contribution in [2.75, 3.05) is 13.7 Å². The van der Waals surface area contributed by atoms with Crippen molar-refractivity contribution in [1.29, 1.82) is 0 Å². The van der Waals surface area contributed by atoms with Crippen LogP contribution in [0.15, 0.2) is 0 Å². The lowest BCUT2D eigenvalue weighted by Crippen LogP contribution is -2.44. The van der Waals surface area contributed by atoms with E-state index in [0.29, 0.717) is 12.1 Å². The highest BCUT2D eigenvalue weighted by atomic mass is 16.5. The smallest absolute Gasteiger partial charge is 0.0693 e. The molecule has 1 saturated carbocycles. The molecule has 0 aromatic rings. The molecular weight excluding hydrogens is 214 g/mol. The first-order valence-electron chi connectivity index (χ1n) is 7.16. The molecule has 0 radical (unpaired) electrons. The summed E-state index contributed by atoms with van der Waals surface area (Å²) in [5.74, 6) is 0. The molecule has 2 fully saturated rings. The van der Waals surface area contributed by atoms with Crippen LogP contribution >= 0.6 is 0 Å². The van der Waals surface area contributed by atoms with Gasteiger partial charge in [0.05, 0.1) is 11.7 Å². The van der Waals surface area contributed by atoms with Crippen LogP contribution in [-0.2, 0) is 9.47 Å². The molecule has 3 nitrogen and oxygen atoms in total. The predicted octanol–water partition coefficient (Wildman–Crippen LogP) is 2.62. The molecule has 1 aliphatic carbocycles. The Kier molecular flexibility index (Phi) is 4.83. The van der Waals surface area contributed by atoms with Gasteiger partial charge in [0.25, 0.3) is 0 Å². The molecule has 0 aromatic heterocycles. The van der Waals surface area contributed by atoms with Crippen LogP contribution < -0.4 is 5.73 Å². The van der Waals surface area contributed by atoms with E-state index in [0.717, 1.165) is 19.4 Å². The van der Waals surface area contributed by atoms with Gasteiger partial charge in [-0.1, -0.05) is 0 Å². The van der Waals surface area contributed by atoms with Gasteiger partial charge in [0.2, 0.25) is 0 Å². The summed E-state index contributed by atoms with van der Waals surface area (Å²) < 4.78 is 11.2. The molecule has 0 aromatic carbocycles. The summed E-state index contributed by atoms with van der Waals surface area (Å²) >= 11 is 0. The Hall–Kier alpha value is -0.120. The second kappa shape index (κ2) is 6.17. The maximum absolute atomic E-state index is 6.21. The Bertz CT molecular complexity index is 217. The summed E-state index contributed by atoms with van der Waals surface area (Å²) in [5, 5.41) is 0. The van der Waals surface area contributed by atoms with Gasteiger partial charge in [0.1, 0.15) is 0 Å². The topological polar surface area (TPSA) is 44.5 Å². The van der Waals surface area contributed by atoms with Gasteiger partial charge in [-0.05, 0) is 57.8 Å². The maximum Gasteiger partial charge on any atom is 0.0693 e. The van der Waals surface area contributed by atoms with E-state index in [1.54, 1.807) is 0 Å². The Morgan fingerprint density at radius 1 is 1.41 bits per heavy atom. The molecule has 100 valence electrons. The summed E-state index contributed by atoms with van der Waals surface area (Å²) in [4.78, 5) is 0. The number of rotatable bonds is 7. The van der Waals surface area contributed by atoms with Gasteiger partial charge in [-0.3, -0.25) is 0 Å². The van der Waals surface area contributed by atoms with Crippen molar-refractivity contribution in [3.8, 4) is 0 Å². The first kappa shape index (κ1) is 13.3. The maximum atomic E-state index is 6.21. The van der Waals surface area contributed by atoms with E-state index >= 15 is 0 Å². The highest BCUT2D eigenvalue weighted by molar-refractivity contribution is 4.92. The molecule has 2 unspecified atom stereocenters. The predicted molar refractivity (Wildman–Crippen MR) is 69.0 cm³/mol. The van der Waals surface area contributed by atoms with Crippen LogP contribution in [0.5, 0.6) is 0 Å². The van der Waals surface area contributed by atoms with E-state index in [2.05, 4.69) is 0 Å². The Balaban J connectivity index is 1.58. The molecule has 0 bridgehead atoms. The zero-order valence-electron chi connectivity index (χ0n) is 11.1. The van der Waals surface area contributed by atoms with E-state index in [-0.39, 0.29) is 5.60 Å². The van der Waals surface area contributed by atoms with E-state index < -0.39 is 0 Å². The Morgan fingerprint density at radius 2 is 2.24 bits per heavy atom. The van der Waals surface area contributed by atoms with Crippen LogP contribution in [0.1, 0.15) is 57.8 Å². The van der Waals surface area contributed by atoms with Crippen LogP contribution in [0, 0.1) is 0 Å². The van der Waals surface area contributed by atoms with E-state index in [9.17, 15) is 0 Å². The van der Waals surface area contributed by atoms with Gasteiger partial charge in [0.15, 0.2) is 0 Å². The van der Waals surface area contributed by atoms with Crippen molar-refractivity contribution in [2.45, 2.75) is 75.5 Å². The number of methoxy groups -OCH3 is 1. The number of nitrogens with two attached hydrogens (primary N) is 1. The largest absolute Gasteiger partial charge is 0.378 e. The third-order valence-electron chi connectivity index (χ3n) is 4.46. The first-order chi connectivity index (χ1) is 8.24. The first-order valence-corrected chi connectivity index (χ1v) is 7.16. The molecule has 1 saturated heterocycles. The minimum absolute atomic E-state index is 0.128. The number of hydrogen-bond donors (Lipinski definition) is 1. The van der Waals surface area contributed by atoms with Crippen molar-refractivity contribution >= 4 is 0 Å². The zero-order chi connectivity index (χ0) is 12.1. The fourth-order valence-electron chi connectivity index (χ4n) is 3.12. The zero-order valence-corrected chi connectivity index (χ0v) is 11.1. The van der Waals surface area contributed by atoms with Crippen molar-refractivity contribution in [2.24, 2.45) is 5.73 Å². The quantitative estimate of drug-likeness (QED) is 0.745.